The highest BCUT2D eigenvalue weighted by Gasteiger charge is 2.37. The molecule has 0 spiro atoms. The van der Waals surface area contributed by atoms with Crippen molar-refractivity contribution in [1.29, 1.82) is 0 Å². The Morgan fingerprint density at radius 2 is 1.90 bits per heavy atom. The van der Waals surface area contributed by atoms with E-state index in [0.29, 0.717) is 56.1 Å². The number of hydrogen-bond donors (Lipinski definition) is 1. The van der Waals surface area contributed by atoms with Gasteiger partial charge in [-0.3, -0.25) is 0 Å². The number of likely N-dealkylation sites (tertiary alicyclic amines) is 1. The van der Waals surface area contributed by atoms with Crippen molar-refractivity contribution in [3.63, 3.8) is 0 Å². The maximum Gasteiger partial charge on any atom is 0.183 e. The summed E-state index contributed by atoms with van der Waals surface area (Å²) in [6.45, 7) is 9.15. The van der Waals surface area contributed by atoms with Crippen LogP contribution in [-0.2, 0) is 27.5 Å². The average molecular weight is 436 g/mol. The SMILES string of the molecule is CN1CC(S(=O)(=O)c2ccc3c(c2)nc(CC(C)(C)C)n3CC2(O)CCOCC2)C1. The molecule has 0 radical (unpaired) electrons. The molecule has 8 heteroatoms. The number of fused-ring (bicyclic) bond motifs is 1. The van der Waals surface area contributed by atoms with Gasteiger partial charge in [-0.25, -0.2) is 13.4 Å². The summed E-state index contributed by atoms with van der Waals surface area (Å²) < 4.78 is 33.5. The van der Waals surface area contributed by atoms with E-state index in [1.165, 1.54) is 0 Å². The summed E-state index contributed by atoms with van der Waals surface area (Å²) in [5.74, 6) is 0.885. The van der Waals surface area contributed by atoms with Crippen LogP contribution in [0.1, 0.15) is 39.4 Å². The predicted octanol–water partition coefficient (Wildman–Crippen LogP) is 2.25. The zero-order valence-electron chi connectivity index (χ0n) is 18.4. The zero-order chi connectivity index (χ0) is 21.7. The maximum absolute atomic E-state index is 13.0. The minimum absolute atomic E-state index is 0.0167. The monoisotopic (exact) mass is 435 g/mol. The van der Waals surface area contributed by atoms with E-state index in [9.17, 15) is 13.5 Å². The van der Waals surface area contributed by atoms with E-state index in [-0.39, 0.29) is 10.7 Å². The molecule has 1 aromatic carbocycles. The normalized spacial score (nSPS) is 21.1. The summed E-state index contributed by atoms with van der Waals surface area (Å²) in [7, 11) is -1.43. The first-order chi connectivity index (χ1) is 14.0. The van der Waals surface area contributed by atoms with Crippen molar-refractivity contribution >= 4 is 20.9 Å². The molecule has 4 rings (SSSR count). The number of benzene rings is 1. The zero-order valence-corrected chi connectivity index (χ0v) is 19.2. The molecule has 166 valence electrons. The van der Waals surface area contributed by atoms with Crippen LogP contribution in [0.15, 0.2) is 23.1 Å². The van der Waals surface area contributed by atoms with Crippen LogP contribution in [0.4, 0.5) is 0 Å². The topological polar surface area (TPSA) is 84.7 Å². The van der Waals surface area contributed by atoms with E-state index in [1.54, 1.807) is 12.1 Å². The molecule has 0 amide bonds. The van der Waals surface area contributed by atoms with Crippen molar-refractivity contribution < 1.29 is 18.3 Å². The summed E-state index contributed by atoms with van der Waals surface area (Å²) in [6.07, 6.45) is 1.91. The third kappa shape index (κ3) is 4.28. The highest BCUT2D eigenvalue weighted by Crippen LogP contribution is 2.31. The third-order valence-electron chi connectivity index (χ3n) is 6.16. The molecule has 1 N–H and O–H groups in total. The lowest BCUT2D eigenvalue weighted by Gasteiger charge is -2.35. The Kier molecular flexibility index (Phi) is 5.50. The van der Waals surface area contributed by atoms with Gasteiger partial charge in [-0.1, -0.05) is 20.8 Å². The van der Waals surface area contributed by atoms with Gasteiger partial charge >= 0.3 is 0 Å². The Hall–Kier alpha value is -1.48. The summed E-state index contributed by atoms with van der Waals surface area (Å²) in [5.41, 5.74) is 0.736. The average Bonchev–Trinajstić information content (AvgIpc) is 2.94. The van der Waals surface area contributed by atoms with Crippen LogP contribution in [0, 0.1) is 5.41 Å². The van der Waals surface area contributed by atoms with Gasteiger partial charge in [0.1, 0.15) is 5.82 Å². The number of aliphatic hydroxyl groups is 1. The van der Waals surface area contributed by atoms with Crippen LogP contribution in [0.5, 0.6) is 0 Å². The molecule has 2 fully saturated rings. The van der Waals surface area contributed by atoms with Crippen molar-refractivity contribution in [2.24, 2.45) is 5.41 Å². The first-order valence-corrected chi connectivity index (χ1v) is 12.2. The molecule has 0 bridgehead atoms. The molecule has 2 aromatic rings. The van der Waals surface area contributed by atoms with Crippen molar-refractivity contribution in [3.05, 3.63) is 24.0 Å². The summed E-state index contributed by atoms with van der Waals surface area (Å²) in [5, 5.41) is 10.8. The van der Waals surface area contributed by atoms with Gasteiger partial charge in [-0.2, -0.15) is 0 Å². The largest absolute Gasteiger partial charge is 0.388 e. The first-order valence-electron chi connectivity index (χ1n) is 10.7. The quantitative estimate of drug-likeness (QED) is 0.776. The molecule has 7 nitrogen and oxygen atoms in total. The number of ether oxygens (including phenoxy) is 1. The Morgan fingerprint density at radius 3 is 2.50 bits per heavy atom. The summed E-state index contributed by atoms with van der Waals surface area (Å²) >= 11 is 0. The number of nitrogens with zero attached hydrogens (tertiary/aromatic N) is 3. The van der Waals surface area contributed by atoms with E-state index >= 15 is 0 Å². The second-order valence-electron chi connectivity index (χ2n) is 10.2. The van der Waals surface area contributed by atoms with Crippen molar-refractivity contribution in [2.45, 2.75) is 62.3 Å². The molecule has 2 aliphatic heterocycles. The second-order valence-corrected chi connectivity index (χ2v) is 12.5. The van der Waals surface area contributed by atoms with Gasteiger partial charge in [0.2, 0.25) is 0 Å². The summed E-state index contributed by atoms with van der Waals surface area (Å²) in [4.78, 5) is 7.18. The Bertz CT molecular complexity index is 1030. The molecule has 0 unspecified atom stereocenters. The van der Waals surface area contributed by atoms with Crippen LogP contribution < -0.4 is 0 Å². The van der Waals surface area contributed by atoms with Gasteiger partial charge in [0.05, 0.1) is 33.3 Å². The predicted molar refractivity (Wildman–Crippen MR) is 116 cm³/mol. The van der Waals surface area contributed by atoms with Crippen LogP contribution in [0.25, 0.3) is 11.0 Å². The fraction of sp³-hybridized carbons (Fsp3) is 0.682. The minimum Gasteiger partial charge on any atom is -0.388 e. The van der Waals surface area contributed by atoms with Crippen molar-refractivity contribution in [1.82, 2.24) is 14.5 Å². The number of rotatable bonds is 5. The fourth-order valence-corrected chi connectivity index (χ4v) is 6.18. The van der Waals surface area contributed by atoms with Crippen molar-refractivity contribution in [2.75, 3.05) is 33.4 Å². The van der Waals surface area contributed by atoms with Gasteiger partial charge < -0.3 is 19.3 Å². The van der Waals surface area contributed by atoms with Gasteiger partial charge in [0.15, 0.2) is 9.84 Å². The van der Waals surface area contributed by atoms with E-state index in [4.69, 9.17) is 9.72 Å². The summed E-state index contributed by atoms with van der Waals surface area (Å²) in [6, 6.07) is 5.26. The molecule has 1 aromatic heterocycles. The Labute approximate surface area is 179 Å². The molecule has 3 heterocycles. The lowest BCUT2D eigenvalue weighted by molar-refractivity contribution is -0.0727. The van der Waals surface area contributed by atoms with Gasteiger partial charge in [-0.05, 0) is 30.7 Å². The molecule has 0 atom stereocenters. The molecule has 0 saturated carbocycles. The van der Waals surface area contributed by atoms with E-state index < -0.39 is 15.4 Å². The van der Waals surface area contributed by atoms with Crippen LogP contribution in [0.2, 0.25) is 0 Å². The van der Waals surface area contributed by atoms with E-state index in [1.807, 2.05) is 18.0 Å². The highest BCUT2D eigenvalue weighted by atomic mass is 32.2. The lowest BCUT2D eigenvalue weighted by Crippen LogP contribution is -2.52. The van der Waals surface area contributed by atoms with Crippen LogP contribution in [-0.4, -0.2) is 72.2 Å². The number of sulfone groups is 1. The smallest absolute Gasteiger partial charge is 0.183 e. The van der Waals surface area contributed by atoms with E-state index in [2.05, 4.69) is 25.3 Å². The molecule has 30 heavy (non-hydrogen) atoms. The third-order valence-corrected chi connectivity index (χ3v) is 8.25. The Balaban J connectivity index is 1.74. The van der Waals surface area contributed by atoms with E-state index in [0.717, 1.165) is 17.8 Å². The number of hydrogen-bond acceptors (Lipinski definition) is 6. The molecule has 2 saturated heterocycles. The second kappa shape index (κ2) is 7.58. The standard InChI is InChI=1S/C22H33N3O4S/c1-21(2,3)12-20-23-18-11-16(30(27,28)17-13-24(4)14-17)5-6-19(18)25(20)15-22(26)7-9-29-10-8-22/h5-6,11,17,26H,7-10,12-15H2,1-4H3. The highest BCUT2D eigenvalue weighted by molar-refractivity contribution is 7.92. The minimum atomic E-state index is -3.36. The molecular weight excluding hydrogens is 402 g/mol. The van der Waals surface area contributed by atoms with Gasteiger partial charge in [-0.15, -0.1) is 0 Å². The number of imidazole rings is 1. The van der Waals surface area contributed by atoms with Gasteiger partial charge in [0.25, 0.3) is 0 Å². The number of aromatic nitrogens is 2. The van der Waals surface area contributed by atoms with Crippen LogP contribution >= 0.6 is 0 Å². The Morgan fingerprint density at radius 1 is 1.23 bits per heavy atom. The first kappa shape index (κ1) is 21.7. The lowest BCUT2D eigenvalue weighted by atomic mass is 9.91. The fourth-order valence-electron chi connectivity index (χ4n) is 4.36. The molecule has 2 aliphatic rings. The molecule has 0 aliphatic carbocycles. The van der Waals surface area contributed by atoms with Gasteiger partial charge in [0, 0.05) is 45.6 Å². The van der Waals surface area contributed by atoms with Crippen LogP contribution in [0.3, 0.4) is 0 Å². The molecular formula is C22H33N3O4S. The maximum atomic E-state index is 13.0. The van der Waals surface area contributed by atoms with Crippen molar-refractivity contribution in [3.8, 4) is 0 Å².